The van der Waals surface area contributed by atoms with E-state index in [1.807, 2.05) is 44.2 Å². The highest BCUT2D eigenvalue weighted by molar-refractivity contribution is 7.16. The van der Waals surface area contributed by atoms with E-state index in [0.717, 1.165) is 16.0 Å². The number of ether oxygens (including phenoxy) is 2. The third kappa shape index (κ3) is 4.95. The van der Waals surface area contributed by atoms with Gasteiger partial charge in [0.1, 0.15) is 5.00 Å². The van der Waals surface area contributed by atoms with Crippen molar-refractivity contribution in [2.24, 2.45) is 0 Å². The second kappa shape index (κ2) is 9.32. The first-order chi connectivity index (χ1) is 12.9. The number of anilines is 1. The number of methoxy groups -OCH3 is 1. The molecule has 1 aromatic carbocycles. The van der Waals surface area contributed by atoms with E-state index in [1.165, 1.54) is 18.4 Å². The Morgan fingerprint density at radius 1 is 1.15 bits per heavy atom. The van der Waals surface area contributed by atoms with Gasteiger partial charge in [-0.1, -0.05) is 37.3 Å². The van der Waals surface area contributed by atoms with Crippen molar-refractivity contribution in [1.29, 1.82) is 0 Å². The van der Waals surface area contributed by atoms with E-state index >= 15 is 0 Å². The van der Waals surface area contributed by atoms with Gasteiger partial charge in [-0.15, -0.1) is 11.3 Å². The Hall–Kier alpha value is -2.67. The fraction of sp³-hybridized carbons (Fsp3) is 0.350. The second-order valence-corrected chi connectivity index (χ2v) is 7.23. The zero-order chi connectivity index (χ0) is 20.0. The van der Waals surface area contributed by atoms with Crippen LogP contribution in [0.15, 0.2) is 30.3 Å². The van der Waals surface area contributed by atoms with Crippen molar-refractivity contribution in [2.75, 3.05) is 19.0 Å². The Kier molecular flexibility index (Phi) is 7.12. The minimum atomic E-state index is -0.515. The van der Waals surface area contributed by atoms with Crippen LogP contribution in [0.4, 0.5) is 5.00 Å². The fourth-order valence-corrected chi connectivity index (χ4v) is 3.75. The maximum Gasteiger partial charge on any atom is 0.341 e. The van der Waals surface area contributed by atoms with Crippen LogP contribution in [0.1, 0.15) is 45.6 Å². The molecule has 0 bridgehead atoms. The number of nitrogens with one attached hydrogen (secondary N) is 1. The van der Waals surface area contributed by atoms with Gasteiger partial charge in [-0.3, -0.25) is 9.59 Å². The smallest absolute Gasteiger partial charge is 0.341 e. The van der Waals surface area contributed by atoms with Crippen LogP contribution in [0.5, 0.6) is 0 Å². The van der Waals surface area contributed by atoms with Crippen LogP contribution in [-0.4, -0.2) is 31.6 Å². The van der Waals surface area contributed by atoms with Gasteiger partial charge in [-0.2, -0.15) is 0 Å². The fourth-order valence-electron chi connectivity index (χ4n) is 2.69. The zero-order valence-electron chi connectivity index (χ0n) is 15.8. The lowest BCUT2D eigenvalue weighted by Crippen LogP contribution is -2.24. The molecule has 0 fully saturated rings. The molecule has 2 aromatic rings. The van der Waals surface area contributed by atoms with Gasteiger partial charge >= 0.3 is 11.9 Å². The van der Waals surface area contributed by atoms with E-state index in [-0.39, 0.29) is 0 Å². The van der Waals surface area contributed by atoms with Gasteiger partial charge < -0.3 is 14.8 Å². The van der Waals surface area contributed by atoms with Crippen LogP contribution in [0.25, 0.3) is 0 Å². The van der Waals surface area contributed by atoms with Crippen molar-refractivity contribution in [3.8, 4) is 0 Å². The monoisotopic (exact) mass is 389 g/mol. The van der Waals surface area contributed by atoms with Crippen LogP contribution in [0.3, 0.4) is 0 Å². The molecule has 1 heterocycles. The summed E-state index contributed by atoms with van der Waals surface area (Å²) in [5.74, 6) is -1.89. The average Bonchev–Trinajstić information content (AvgIpc) is 2.94. The van der Waals surface area contributed by atoms with Gasteiger partial charge in [-0.25, -0.2) is 4.79 Å². The van der Waals surface area contributed by atoms with E-state index in [9.17, 15) is 14.4 Å². The third-order valence-corrected chi connectivity index (χ3v) is 5.39. The average molecular weight is 389 g/mol. The molecule has 1 amide bonds. The first-order valence-electron chi connectivity index (χ1n) is 8.58. The third-order valence-electron chi connectivity index (χ3n) is 4.27. The Balaban J connectivity index is 2.01. The number of esters is 2. The Labute approximate surface area is 162 Å². The molecule has 6 nitrogen and oxygen atoms in total. The maximum atomic E-state index is 12.3. The highest BCUT2D eigenvalue weighted by Gasteiger charge is 2.23. The number of amides is 1. The molecule has 27 heavy (non-hydrogen) atoms. The molecule has 0 aliphatic rings. The van der Waals surface area contributed by atoms with Crippen molar-refractivity contribution in [3.63, 3.8) is 0 Å². The van der Waals surface area contributed by atoms with Crippen LogP contribution < -0.4 is 5.32 Å². The highest BCUT2D eigenvalue weighted by Crippen LogP contribution is 2.32. The van der Waals surface area contributed by atoms with Crippen LogP contribution in [-0.2, 0) is 19.1 Å². The largest absolute Gasteiger partial charge is 0.465 e. The highest BCUT2D eigenvalue weighted by atomic mass is 32.1. The number of rotatable bonds is 7. The second-order valence-electron chi connectivity index (χ2n) is 6.01. The summed E-state index contributed by atoms with van der Waals surface area (Å²) in [5, 5.41) is 3.04. The predicted molar refractivity (Wildman–Crippen MR) is 104 cm³/mol. The molecule has 0 unspecified atom stereocenters. The standard InChI is InChI=1S/C20H23NO5S/c1-5-15(14-9-7-6-8-10-14)19(23)26-11-16(22)21-18-17(20(24)25-4)12(2)13(3)27-18/h6-10,15H,5,11H2,1-4H3,(H,21,22)/t15-/m1/s1. The minimum Gasteiger partial charge on any atom is -0.465 e. The molecule has 0 saturated heterocycles. The first kappa shape index (κ1) is 20.6. The first-order valence-corrected chi connectivity index (χ1v) is 9.40. The predicted octanol–water partition coefficient (Wildman–Crippen LogP) is 3.83. The SMILES string of the molecule is CC[C@@H](C(=O)OCC(=O)Nc1sc(C)c(C)c1C(=O)OC)c1ccccc1. The van der Waals surface area contributed by atoms with E-state index < -0.39 is 30.4 Å². The van der Waals surface area contributed by atoms with Crippen molar-refractivity contribution in [1.82, 2.24) is 0 Å². The molecule has 0 saturated carbocycles. The van der Waals surface area contributed by atoms with Crippen LogP contribution >= 0.6 is 11.3 Å². The van der Waals surface area contributed by atoms with Gasteiger partial charge in [0.05, 0.1) is 18.6 Å². The van der Waals surface area contributed by atoms with Crippen LogP contribution in [0.2, 0.25) is 0 Å². The van der Waals surface area contributed by atoms with Gasteiger partial charge in [-0.05, 0) is 31.4 Å². The molecule has 0 spiro atoms. The molecule has 7 heteroatoms. The zero-order valence-corrected chi connectivity index (χ0v) is 16.6. The molecule has 0 aliphatic heterocycles. The number of carbonyl (C=O) groups excluding carboxylic acids is 3. The van der Waals surface area contributed by atoms with Crippen LogP contribution in [0, 0.1) is 13.8 Å². The van der Waals surface area contributed by atoms with Crippen molar-refractivity contribution < 1.29 is 23.9 Å². The molecule has 1 aromatic heterocycles. The lowest BCUT2D eigenvalue weighted by Gasteiger charge is -2.14. The number of aryl methyl sites for hydroxylation is 1. The summed E-state index contributed by atoms with van der Waals surface area (Å²) < 4.78 is 9.96. The Bertz CT molecular complexity index is 828. The van der Waals surface area contributed by atoms with Gasteiger partial charge in [0.15, 0.2) is 6.61 Å². The quantitative estimate of drug-likeness (QED) is 0.728. The summed E-state index contributed by atoms with van der Waals surface area (Å²) in [6, 6.07) is 9.30. The number of hydrogen-bond acceptors (Lipinski definition) is 6. The summed E-state index contributed by atoms with van der Waals surface area (Å²) in [7, 11) is 1.29. The molecule has 144 valence electrons. The van der Waals surface area contributed by atoms with E-state index in [1.54, 1.807) is 6.92 Å². The topological polar surface area (TPSA) is 81.7 Å². The summed E-state index contributed by atoms with van der Waals surface area (Å²) in [6.45, 7) is 5.12. The molecule has 0 aliphatic carbocycles. The van der Waals surface area contributed by atoms with Gasteiger partial charge in [0.2, 0.25) is 0 Å². The summed E-state index contributed by atoms with van der Waals surface area (Å²) >= 11 is 1.28. The van der Waals surface area contributed by atoms with Gasteiger partial charge in [0, 0.05) is 4.88 Å². The molecule has 0 radical (unpaired) electrons. The van der Waals surface area contributed by atoms with Crippen molar-refractivity contribution in [3.05, 3.63) is 51.9 Å². The Morgan fingerprint density at radius 2 is 1.81 bits per heavy atom. The number of hydrogen-bond donors (Lipinski definition) is 1. The summed E-state index contributed by atoms with van der Waals surface area (Å²) in [4.78, 5) is 37.4. The summed E-state index contributed by atoms with van der Waals surface area (Å²) in [5.41, 5.74) is 1.94. The van der Waals surface area contributed by atoms with Crippen molar-refractivity contribution in [2.45, 2.75) is 33.1 Å². The minimum absolute atomic E-state index is 0.329. The molecule has 1 N–H and O–H groups in total. The lowest BCUT2D eigenvalue weighted by molar-refractivity contribution is -0.149. The molecule has 1 atom stereocenters. The normalized spacial score (nSPS) is 11.6. The van der Waals surface area contributed by atoms with Gasteiger partial charge in [0.25, 0.3) is 5.91 Å². The molecular formula is C20H23NO5S. The van der Waals surface area contributed by atoms with E-state index in [2.05, 4.69) is 5.32 Å². The molecular weight excluding hydrogens is 366 g/mol. The van der Waals surface area contributed by atoms with E-state index in [0.29, 0.717) is 17.0 Å². The number of thiophene rings is 1. The van der Waals surface area contributed by atoms with E-state index in [4.69, 9.17) is 9.47 Å². The lowest BCUT2D eigenvalue weighted by atomic mass is 9.97. The number of benzene rings is 1. The Morgan fingerprint density at radius 3 is 2.41 bits per heavy atom. The number of carbonyl (C=O) groups is 3. The van der Waals surface area contributed by atoms with Crippen molar-refractivity contribution >= 4 is 34.2 Å². The summed E-state index contributed by atoms with van der Waals surface area (Å²) in [6.07, 6.45) is 0.570. The maximum absolute atomic E-state index is 12.3. The molecule has 2 rings (SSSR count).